The Hall–Kier alpha value is -3.29. The van der Waals surface area contributed by atoms with Gasteiger partial charge in [0.1, 0.15) is 11.8 Å². The Morgan fingerprint density at radius 2 is 1.96 bits per heavy atom. The summed E-state index contributed by atoms with van der Waals surface area (Å²) in [6.07, 6.45) is 3.34. The highest BCUT2D eigenvalue weighted by Gasteiger charge is 2.59. The molecular weight excluding hydrogens is 332 g/mol. The minimum atomic E-state index is -0.233. The summed E-state index contributed by atoms with van der Waals surface area (Å²) in [7, 11) is 0. The minimum absolute atomic E-state index is 0.138. The Balaban J connectivity index is 1.33. The first-order chi connectivity index (χ1) is 12.7. The summed E-state index contributed by atoms with van der Waals surface area (Å²) in [5, 5.41) is 0. The van der Waals surface area contributed by atoms with Crippen LogP contribution in [0.4, 0.5) is 0 Å². The molecule has 3 aromatic rings. The third kappa shape index (κ3) is 2.11. The monoisotopic (exact) mass is 348 g/mol. The summed E-state index contributed by atoms with van der Waals surface area (Å²) in [6, 6.07) is 9.91. The van der Waals surface area contributed by atoms with Gasteiger partial charge in [-0.1, -0.05) is 30.3 Å². The molecule has 2 amide bonds. The Labute approximate surface area is 148 Å². The van der Waals surface area contributed by atoms with Crippen LogP contribution in [0.25, 0.3) is 11.2 Å². The van der Waals surface area contributed by atoms with E-state index in [0.29, 0.717) is 42.9 Å². The lowest BCUT2D eigenvalue weighted by Gasteiger charge is -2.61. The van der Waals surface area contributed by atoms with Crippen molar-refractivity contribution in [2.24, 2.45) is 0 Å². The molecule has 0 bridgehead atoms. The van der Waals surface area contributed by atoms with E-state index in [0.717, 1.165) is 5.56 Å². The maximum atomic E-state index is 12.8. The van der Waals surface area contributed by atoms with Crippen molar-refractivity contribution in [1.82, 2.24) is 29.7 Å². The van der Waals surface area contributed by atoms with Crippen molar-refractivity contribution in [2.45, 2.75) is 18.5 Å². The number of amides is 2. The van der Waals surface area contributed by atoms with E-state index in [2.05, 4.69) is 19.9 Å². The van der Waals surface area contributed by atoms with Gasteiger partial charge in [-0.3, -0.25) is 9.59 Å². The average Bonchev–Trinajstić information content (AvgIpc) is 3.11. The first kappa shape index (κ1) is 15.0. The van der Waals surface area contributed by atoms with Crippen LogP contribution in [0.15, 0.2) is 43.0 Å². The molecule has 2 aromatic heterocycles. The number of β-lactam (4-membered cyclic amide) rings is 1. The molecule has 1 spiro atoms. The van der Waals surface area contributed by atoms with E-state index in [-0.39, 0.29) is 17.4 Å². The molecule has 2 aliphatic heterocycles. The summed E-state index contributed by atoms with van der Waals surface area (Å²) in [6.45, 7) is 1.65. The number of aromatic amines is 1. The molecule has 0 saturated carbocycles. The number of carbonyl (C=O) groups excluding carboxylic acids is 2. The quantitative estimate of drug-likeness (QED) is 0.712. The maximum Gasteiger partial charge on any atom is 0.274 e. The number of fused-ring (bicyclic) bond motifs is 1. The number of rotatable bonds is 3. The molecule has 130 valence electrons. The third-order valence-electron chi connectivity index (χ3n) is 5.22. The van der Waals surface area contributed by atoms with Crippen molar-refractivity contribution in [2.75, 3.05) is 13.1 Å². The fourth-order valence-electron chi connectivity index (χ4n) is 3.83. The Morgan fingerprint density at radius 3 is 2.73 bits per heavy atom. The van der Waals surface area contributed by atoms with Crippen LogP contribution < -0.4 is 0 Å². The number of nitrogens with zero attached hydrogens (tertiary/aromatic N) is 5. The number of nitrogens with one attached hydrogen (secondary N) is 1. The van der Waals surface area contributed by atoms with Gasteiger partial charge in [-0.25, -0.2) is 15.0 Å². The van der Waals surface area contributed by atoms with E-state index in [4.69, 9.17) is 0 Å². The molecule has 1 N–H and O–H groups in total. The largest absolute Gasteiger partial charge is 0.341 e. The maximum absolute atomic E-state index is 12.8. The fraction of sp³-hybridized carbons (Fsp3) is 0.278. The van der Waals surface area contributed by atoms with Gasteiger partial charge in [0.25, 0.3) is 5.91 Å². The van der Waals surface area contributed by atoms with E-state index in [1.807, 2.05) is 35.2 Å². The predicted molar refractivity (Wildman–Crippen MR) is 91.9 cm³/mol. The number of hydrogen-bond acceptors (Lipinski definition) is 5. The lowest BCUT2D eigenvalue weighted by molar-refractivity contribution is -0.173. The van der Waals surface area contributed by atoms with Gasteiger partial charge in [-0.2, -0.15) is 0 Å². The molecular formula is C18H16N6O2. The Bertz CT molecular complexity index is 1010. The molecule has 0 unspecified atom stereocenters. The molecule has 5 rings (SSSR count). The van der Waals surface area contributed by atoms with Crippen molar-refractivity contribution >= 4 is 23.0 Å². The molecule has 8 heteroatoms. The van der Waals surface area contributed by atoms with Crippen LogP contribution in [-0.2, 0) is 11.3 Å². The zero-order valence-electron chi connectivity index (χ0n) is 13.9. The summed E-state index contributed by atoms with van der Waals surface area (Å²) in [5.74, 6) is -0.0229. The van der Waals surface area contributed by atoms with Gasteiger partial charge in [-0.05, 0) is 5.56 Å². The van der Waals surface area contributed by atoms with Crippen molar-refractivity contribution in [3.05, 3.63) is 54.2 Å². The molecule has 0 radical (unpaired) electrons. The number of carbonyl (C=O) groups is 2. The van der Waals surface area contributed by atoms with Gasteiger partial charge in [0.15, 0.2) is 11.3 Å². The van der Waals surface area contributed by atoms with Gasteiger partial charge in [0, 0.05) is 19.6 Å². The van der Waals surface area contributed by atoms with Crippen LogP contribution in [0.1, 0.15) is 22.5 Å². The van der Waals surface area contributed by atoms with E-state index >= 15 is 0 Å². The molecule has 1 aromatic carbocycles. The molecule has 2 fully saturated rings. The van der Waals surface area contributed by atoms with E-state index < -0.39 is 0 Å². The minimum Gasteiger partial charge on any atom is -0.341 e. The topological polar surface area (TPSA) is 95.1 Å². The zero-order valence-corrected chi connectivity index (χ0v) is 13.9. The number of likely N-dealkylation sites (tertiary alicyclic amines) is 2. The summed E-state index contributed by atoms with van der Waals surface area (Å²) in [5.41, 5.74) is 2.21. The standard InChI is InChI=1S/C18H16N6O2/c25-13-6-18(24(13)7-12-4-2-1-3-5-12)8-23(9-18)17(26)15-14-16(21-10-19-14)22-11-20-15/h1-5,10-11H,6-9H2,(H,19,20,21,22). The van der Waals surface area contributed by atoms with E-state index in [9.17, 15) is 9.59 Å². The Kier molecular flexibility index (Phi) is 3.09. The summed E-state index contributed by atoms with van der Waals surface area (Å²) >= 11 is 0. The Morgan fingerprint density at radius 1 is 1.15 bits per heavy atom. The molecule has 8 nitrogen and oxygen atoms in total. The first-order valence-corrected chi connectivity index (χ1v) is 8.44. The fourth-order valence-corrected chi connectivity index (χ4v) is 3.83. The predicted octanol–water partition coefficient (Wildman–Crippen LogP) is 0.980. The second-order valence-electron chi connectivity index (χ2n) is 6.85. The van der Waals surface area contributed by atoms with Crippen molar-refractivity contribution in [1.29, 1.82) is 0 Å². The van der Waals surface area contributed by atoms with Crippen LogP contribution in [0.3, 0.4) is 0 Å². The highest BCUT2D eigenvalue weighted by atomic mass is 16.2. The summed E-state index contributed by atoms with van der Waals surface area (Å²) < 4.78 is 0. The van der Waals surface area contributed by atoms with Gasteiger partial charge in [0.2, 0.25) is 5.91 Å². The van der Waals surface area contributed by atoms with Crippen LogP contribution >= 0.6 is 0 Å². The average molecular weight is 348 g/mol. The highest BCUT2D eigenvalue weighted by Crippen LogP contribution is 2.41. The zero-order chi connectivity index (χ0) is 17.7. The van der Waals surface area contributed by atoms with Crippen LogP contribution in [0, 0.1) is 0 Å². The van der Waals surface area contributed by atoms with Gasteiger partial charge in [-0.15, -0.1) is 0 Å². The highest BCUT2D eigenvalue weighted by molar-refractivity contribution is 6.03. The molecule has 2 aliphatic rings. The smallest absolute Gasteiger partial charge is 0.274 e. The lowest BCUT2D eigenvalue weighted by atomic mass is 9.76. The number of aromatic nitrogens is 4. The van der Waals surface area contributed by atoms with Crippen molar-refractivity contribution in [3.8, 4) is 0 Å². The van der Waals surface area contributed by atoms with Crippen molar-refractivity contribution in [3.63, 3.8) is 0 Å². The van der Waals surface area contributed by atoms with Gasteiger partial charge >= 0.3 is 0 Å². The van der Waals surface area contributed by atoms with E-state index in [1.165, 1.54) is 12.7 Å². The van der Waals surface area contributed by atoms with Crippen LogP contribution in [-0.4, -0.2) is 60.2 Å². The van der Waals surface area contributed by atoms with Crippen molar-refractivity contribution < 1.29 is 9.59 Å². The van der Waals surface area contributed by atoms with Crippen LogP contribution in [0.5, 0.6) is 0 Å². The second kappa shape index (κ2) is 5.35. The first-order valence-electron chi connectivity index (χ1n) is 8.44. The van der Waals surface area contributed by atoms with Crippen LogP contribution in [0.2, 0.25) is 0 Å². The third-order valence-corrected chi connectivity index (χ3v) is 5.22. The molecule has 0 atom stereocenters. The van der Waals surface area contributed by atoms with Gasteiger partial charge in [0.05, 0.1) is 18.3 Å². The SMILES string of the molecule is O=C(c1ncnc2nc[nH]c12)N1CC2(CC(=O)N2Cc2ccccc2)C1. The number of hydrogen-bond donors (Lipinski definition) is 1. The van der Waals surface area contributed by atoms with E-state index in [1.54, 1.807) is 4.90 Å². The number of benzene rings is 1. The molecule has 26 heavy (non-hydrogen) atoms. The molecule has 2 saturated heterocycles. The number of imidazole rings is 1. The molecule has 0 aliphatic carbocycles. The lowest BCUT2D eigenvalue weighted by Crippen LogP contribution is -2.79. The second-order valence-corrected chi connectivity index (χ2v) is 6.85. The normalized spacial score (nSPS) is 18.1. The molecule has 4 heterocycles. The summed E-state index contributed by atoms with van der Waals surface area (Å²) in [4.78, 5) is 43.7. The number of H-pyrrole nitrogens is 1. The van der Waals surface area contributed by atoms with Gasteiger partial charge < -0.3 is 14.8 Å².